The predicted molar refractivity (Wildman–Crippen MR) is 92.8 cm³/mol. The third kappa shape index (κ3) is 4.18. The van der Waals surface area contributed by atoms with Crippen molar-refractivity contribution in [3.05, 3.63) is 58.1 Å². The van der Waals surface area contributed by atoms with Gasteiger partial charge in [-0.15, -0.1) is 0 Å². The lowest BCUT2D eigenvalue weighted by Crippen LogP contribution is -2.25. The normalized spacial score (nSPS) is 11.2. The highest BCUT2D eigenvalue weighted by Crippen LogP contribution is 2.26. The van der Waals surface area contributed by atoms with Gasteiger partial charge in [-0.25, -0.2) is 13.5 Å². The summed E-state index contributed by atoms with van der Waals surface area (Å²) in [6, 6.07) is 9.95. The number of amides is 1. The van der Waals surface area contributed by atoms with Crippen LogP contribution in [0.5, 0.6) is 0 Å². The number of carbonyl (C=O) groups is 1. The van der Waals surface area contributed by atoms with Gasteiger partial charge in [-0.3, -0.25) is 14.4 Å². The molecule has 2 aromatic carbocycles. The van der Waals surface area contributed by atoms with Gasteiger partial charge in [0.2, 0.25) is 0 Å². The van der Waals surface area contributed by atoms with Crippen LogP contribution in [0.1, 0.15) is 10.4 Å². The fourth-order valence-corrected chi connectivity index (χ4v) is 3.25. The molecule has 2 aromatic rings. The molecule has 0 radical (unpaired) electrons. The summed E-state index contributed by atoms with van der Waals surface area (Å²) in [7, 11) is -0.972. The van der Waals surface area contributed by atoms with Crippen molar-refractivity contribution < 1.29 is 18.0 Å². The quantitative estimate of drug-likeness (QED) is 0.796. The third-order valence-electron chi connectivity index (χ3n) is 3.15. The molecule has 0 saturated heterocycles. The minimum atomic E-state index is -3.82. The first-order chi connectivity index (χ1) is 11.2. The Morgan fingerprint density at radius 2 is 1.71 bits per heavy atom. The number of nitrogens with one attached hydrogen (secondary N) is 1. The van der Waals surface area contributed by atoms with Crippen molar-refractivity contribution in [3.63, 3.8) is 0 Å². The lowest BCUT2D eigenvalue weighted by molar-refractivity contribution is -0.0756. The molecule has 0 heterocycles. The fraction of sp³-hybridized carbons (Fsp3) is 0.133. The van der Waals surface area contributed by atoms with Crippen LogP contribution in [-0.4, -0.2) is 33.5 Å². The van der Waals surface area contributed by atoms with Crippen LogP contribution < -0.4 is 4.72 Å². The maximum absolute atomic E-state index is 12.3. The van der Waals surface area contributed by atoms with Crippen LogP contribution in [0, 0.1) is 0 Å². The lowest BCUT2D eigenvalue weighted by Gasteiger charge is -2.14. The molecule has 0 spiro atoms. The molecule has 128 valence electrons. The van der Waals surface area contributed by atoms with Gasteiger partial charge in [0, 0.05) is 18.3 Å². The highest BCUT2D eigenvalue weighted by molar-refractivity contribution is 7.92. The first-order valence-corrected chi connectivity index (χ1v) is 8.88. The van der Waals surface area contributed by atoms with Gasteiger partial charge in [-0.05, 0) is 42.5 Å². The van der Waals surface area contributed by atoms with E-state index in [9.17, 15) is 13.2 Å². The van der Waals surface area contributed by atoms with E-state index in [0.29, 0.717) is 11.3 Å². The van der Waals surface area contributed by atoms with E-state index in [4.69, 9.17) is 28.0 Å². The van der Waals surface area contributed by atoms with Crippen LogP contribution in [-0.2, 0) is 14.9 Å². The van der Waals surface area contributed by atoms with Gasteiger partial charge < -0.3 is 0 Å². The Balaban J connectivity index is 2.21. The predicted octanol–water partition coefficient (Wildman–Crippen LogP) is 3.43. The minimum absolute atomic E-state index is 0.0174. The molecular formula is C15H14Cl2N2O4S. The van der Waals surface area contributed by atoms with E-state index in [1.54, 1.807) is 0 Å². The standard InChI is InChI=1S/C15H14Cl2N2O4S/c1-19(23-2)15(20)10-3-5-11(6-4-10)18-24(21,22)12-7-8-13(16)14(17)9-12/h3-9,18H,1-2H3. The first-order valence-electron chi connectivity index (χ1n) is 6.64. The molecule has 24 heavy (non-hydrogen) atoms. The van der Waals surface area contributed by atoms with Crippen molar-refractivity contribution in [2.45, 2.75) is 4.90 Å². The van der Waals surface area contributed by atoms with Crippen LogP contribution >= 0.6 is 23.2 Å². The first kappa shape index (κ1) is 18.5. The van der Waals surface area contributed by atoms with E-state index >= 15 is 0 Å². The van der Waals surface area contributed by atoms with E-state index in [2.05, 4.69) is 4.72 Å². The van der Waals surface area contributed by atoms with Crippen LogP contribution in [0.15, 0.2) is 47.4 Å². The second-order valence-electron chi connectivity index (χ2n) is 4.74. The Hall–Kier alpha value is -1.80. The van der Waals surface area contributed by atoms with Crippen molar-refractivity contribution in [1.82, 2.24) is 5.06 Å². The number of hydroxylamine groups is 2. The summed E-state index contributed by atoms with van der Waals surface area (Å²) in [5.74, 6) is -0.351. The summed E-state index contributed by atoms with van der Waals surface area (Å²) < 4.78 is 27.1. The molecule has 0 aliphatic heterocycles. The van der Waals surface area contributed by atoms with Gasteiger partial charge in [0.05, 0.1) is 22.1 Å². The van der Waals surface area contributed by atoms with Crippen molar-refractivity contribution in [1.29, 1.82) is 0 Å². The largest absolute Gasteiger partial charge is 0.280 e. The molecule has 2 rings (SSSR count). The second kappa shape index (κ2) is 7.40. The van der Waals surface area contributed by atoms with Crippen LogP contribution in [0.25, 0.3) is 0 Å². The minimum Gasteiger partial charge on any atom is -0.280 e. The van der Waals surface area contributed by atoms with Crippen LogP contribution in [0.4, 0.5) is 5.69 Å². The summed E-state index contributed by atoms with van der Waals surface area (Å²) in [4.78, 5) is 16.7. The van der Waals surface area contributed by atoms with E-state index in [0.717, 1.165) is 5.06 Å². The molecule has 0 unspecified atom stereocenters. The smallest absolute Gasteiger partial charge is 0.277 e. The van der Waals surface area contributed by atoms with Crippen LogP contribution in [0.2, 0.25) is 10.0 Å². The molecule has 0 bridgehead atoms. The van der Waals surface area contributed by atoms with E-state index in [1.165, 1.54) is 56.6 Å². The topological polar surface area (TPSA) is 75.7 Å². The number of nitrogens with zero attached hydrogens (tertiary/aromatic N) is 1. The third-order valence-corrected chi connectivity index (χ3v) is 5.26. The molecule has 1 amide bonds. The maximum atomic E-state index is 12.3. The number of sulfonamides is 1. The Labute approximate surface area is 149 Å². The highest BCUT2D eigenvalue weighted by Gasteiger charge is 2.16. The Kier molecular flexibility index (Phi) is 5.71. The average Bonchev–Trinajstić information content (AvgIpc) is 2.56. The molecule has 0 aliphatic rings. The van der Waals surface area contributed by atoms with E-state index < -0.39 is 10.0 Å². The monoisotopic (exact) mass is 388 g/mol. The number of halogens is 2. The van der Waals surface area contributed by atoms with E-state index in [1.807, 2.05) is 0 Å². The van der Waals surface area contributed by atoms with Crippen molar-refractivity contribution in [2.24, 2.45) is 0 Å². The molecular weight excluding hydrogens is 375 g/mol. The van der Waals surface area contributed by atoms with Crippen molar-refractivity contribution in [3.8, 4) is 0 Å². The number of carbonyl (C=O) groups excluding carboxylic acids is 1. The van der Waals surface area contributed by atoms with E-state index in [-0.39, 0.29) is 20.8 Å². The average molecular weight is 389 g/mol. The van der Waals surface area contributed by atoms with Crippen LogP contribution in [0.3, 0.4) is 0 Å². The zero-order valence-corrected chi connectivity index (χ0v) is 15.1. The summed E-state index contributed by atoms with van der Waals surface area (Å²) in [6.45, 7) is 0. The van der Waals surface area contributed by atoms with Crippen molar-refractivity contribution >= 4 is 44.8 Å². The Morgan fingerprint density at radius 3 is 2.25 bits per heavy atom. The van der Waals surface area contributed by atoms with Gasteiger partial charge in [0.1, 0.15) is 0 Å². The zero-order chi connectivity index (χ0) is 17.9. The van der Waals surface area contributed by atoms with Gasteiger partial charge >= 0.3 is 0 Å². The molecule has 0 aromatic heterocycles. The summed E-state index contributed by atoms with van der Waals surface area (Å²) >= 11 is 11.6. The lowest BCUT2D eigenvalue weighted by atomic mass is 10.2. The van der Waals surface area contributed by atoms with Gasteiger partial charge in [0.25, 0.3) is 15.9 Å². The SMILES string of the molecule is CON(C)C(=O)c1ccc(NS(=O)(=O)c2ccc(Cl)c(Cl)c2)cc1. The summed E-state index contributed by atoms with van der Waals surface area (Å²) in [5, 5.41) is 1.47. The number of hydrogen-bond donors (Lipinski definition) is 1. The second-order valence-corrected chi connectivity index (χ2v) is 7.24. The molecule has 6 nitrogen and oxygen atoms in total. The maximum Gasteiger partial charge on any atom is 0.277 e. The molecule has 1 N–H and O–H groups in total. The Morgan fingerprint density at radius 1 is 1.08 bits per heavy atom. The highest BCUT2D eigenvalue weighted by atomic mass is 35.5. The zero-order valence-electron chi connectivity index (χ0n) is 12.8. The fourth-order valence-electron chi connectivity index (χ4n) is 1.80. The number of benzene rings is 2. The number of hydrogen-bond acceptors (Lipinski definition) is 4. The summed E-state index contributed by atoms with van der Waals surface area (Å²) in [6.07, 6.45) is 0. The molecule has 0 atom stereocenters. The van der Waals surface area contributed by atoms with Gasteiger partial charge in [-0.2, -0.15) is 0 Å². The molecule has 0 fully saturated rings. The molecule has 0 saturated carbocycles. The number of rotatable bonds is 5. The number of anilines is 1. The van der Waals surface area contributed by atoms with Crippen molar-refractivity contribution in [2.75, 3.05) is 18.9 Å². The van der Waals surface area contributed by atoms with Gasteiger partial charge in [0.15, 0.2) is 0 Å². The summed E-state index contributed by atoms with van der Waals surface area (Å²) in [5.41, 5.74) is 0.662. The molecule has 9 heteroatoms. The molecule has 0 aliphatic carbocycles. The van der Waals surface area contributed by atoms with Gasteiger partial charge in [-0.1, -0.05) is 23.2 Å². The Bertz CT molecular complexity index is 854.